The molecule has 1 heterocycles. The van der Waals surface area contributed by atoms with Gasteiger partial charge in [-0.25, -0.2) is 4.79 Å². The van der Waals surface area contributed by atoms with Crippen LogP contribution in [0.5, 0.6) is 0 Å². The van der Waals surface area contributed by atoms with Crippen LogP contribution in [0.1, 0.15) is 85.8 Å². The summed E-state index contributed by atoms with van der Waals surface area (Å²) in [7, 11) is 0. The second-order valence-electron chi connectivity index (χ2n) is 8.51. The first-order chi connectivity index (χ1) is 12.3. The molecular formula is C22H29NO3. The Morgan fingerprint density at radius 2 is 1.81 bits per heavy atom. The Bertz CT molecular complexity index is 753. The van der Waals surface area contributed by atoms with E-state index in [-0.39, 0.29) is 17.2 Å². The Morgan fingerprint density at radius 1 is 1.15 bits per heavy atom. The summed E-state index contributed by atoms with van der Waals surface area (Å²) in [5, 5.41) is 9.47. The molecule has 3 rings (SSSR count). The molecule has 1 aromatic rings. The molecule has 2 aliphatic rings. The highest BCUT2D eigenvalue weighted by Gasteiger charge is 2.30. The van der Waals surface area contributed by atoms with Crippen LogP contribution in [0.4, 0.5) is 0 Å². The number of carboxylic acids is 1. The lowest BCUT2D eigenvalue weighted by atomic mass is 9.82. The summed E-state index contributed by atoms with van der Waals surface area (Å²) in [5.41, 5.74) is 3.54. The van der Waals surface area contributed by atoms with Crippen molar-refractivity contribution in [1.82, 2.24) is 0 Å². The van der Waals surface area contributed by atoms with Gasteiger partial charge in [0.05, 0.1) is 16.8 Å². The average Bonchev–Trinajstić information content (AvgIpc) is 2.82. The van der Waals surface area contributed by atoms with E-state index < -0.39 is 5.97 Å². The molecule has 140 valence electrons. The Kier molecular flexibility index (Phi) is 5.31. The van der Waals surface area contributed by atoms with Crippen LogP contribution >= 0.6 is 0 Å². The molecule has 1 fully saturated rings. The van der Waals surface area contributed by atoms with Crippen molar-refractivity contribution in [2.24, 2.45) is 10.9 Å². The molecule has 0 radical (unpaired) electrons. The topological polar surface area (TPSA) is 66.7 Å². The third-order valence-corrected chi connectivity index (χ3v) is 5.70. The maximum Gasteiger partial charge on any atom is 0.335 e. The molecule has 0 bridgehead atoms. The number of fused-ring (bicyclic) bond motifs is 1. The van der Waals surface area contributed by atoms with Crippen molar-refractivity contribution in [2.45, 2.75) is 77.7 Å². The summed E-state index contributed by atoms with van der Waals surface area (Å²) in [6, 6.07) is 3.69. The summed E-state index contributed by atoms with van der Waals surface area (Å²) in [6.07, 6.45) is 7.77. The SMILES string of the molecule is Cc1cc2c(cc1C(=O)O)C(CC(=O)C1CCCCCC1)=NC(C)(C)C2. The molecule has 0 amide bonds. The quantitative estimate of drug-likeness (QED) is 0.793. The van der Waals surface area contributed by atoms with Crippen molar-refractivity contribution in [3.8, 4) is 0 Å². The number of hydrogen-bond acceptors (Lipinski definition) is 3. The average molecular weight is 355 g/mol. The number of benzene rings is 1. The van der Waals surface area contributed by atoms with Gasteiger partial charge in [0.1, 0.15) is 5.78 Å². The fourth-order valence-electron chi connectivity index (χ4n) is 4.39. The largest absolute Gasteiger partial charge is 0.478 e. The van der Waals surface area contributed by atoms with Gasteiger partial charge in [0, 0.05) is 17.9 Å². The van der Waals surface area contributed by atoms with E-state index >= 15 is 0 Å². The molecular weight excluding hydrogens is 326 g/mol. The van der Waals surface area contributed by atoms with Gasteiger partial charge in [-0.3, -0.25) is 9.79 Å². The molecule has 0 saturated heterocycles. The number of hydrogen-bond donors (Lipinski definition) is 1. The second kappa shape index (κ2) is 7.34. The lowest BCUT2D eigenvalue weighted by Crippen LogP contribution is -2.31. The molecule has 1 aromatic carbocycles. The van der Waals surface area contributed by atoms with Gasteiger partial charge in [-0.05, 0) is 57.2 Å². The molecule has 1 aliphatic heterocycles. The van der Waals surface area contributed by atoms with E-state index in [0.29, 0.717) is 12.0 Å². The number of aromatic carboxylic acids is 1. The predicted molar refractivity (Wildman–Crippen MR) is 103 cm³/mol. The van der Waals surface area contributed by atoms with Crippen molar-refractivity contribution in [3.63, 3.8) is 0 Å². The zero-order chi connectivity index (χ0) is 18.9. The highest BCUT2D eigenvalue weighted by atomic mass is 16.4. The van der Waals surface area contributed by atoms with Crippen LogP contribution in [0.2, 0.25) is 0 Å². The predicted octanol–water partition coefficient (Wildman–Crippen LogP) is 4.75. The molecule has 0 spiro atoms. The number of rotatable bonds is 4. The van der Waals surface area contributed by atoms with Crippen molar-refractivity contribution in [2.75, 3.05) is 0 Å². The molecule has 1 N–H and O–H groups in total. The first-order valence-electron chi connectivity index (χ1n) is 9.75. The molecule has 4 nitrogen and oxygen atoms in total. The van der Waals surface area contributed by atoms with Crippen molar-refractivity contribution in [1.29, 1.82) is 0 Å². The van der Waals surface area contributed by atoms with Crippen LogP contribution in [0.3, 0.4) is 0 Å². The lowest BCUT2D eigenvalue weighted by molar-refractivity contribution is -0.122. The monoisotopic (exact) mass is 355 g/mol. The molecule has 1 aliphatic carbocycles. The molecule has 26 heavy (non-hydrogen) atoms. The normalized spacial score (nSPS) is 20.0. The molecule has 0 unspecified atom stereocenters. The number of nitrogens with zero attached hydrogens (tertiary/aromatic N) is 1. The van der Waals surface area contributed by atoms with Crippen LogP contribution in [-0.2, 0) is 11.2 Å². The summed E-state index contributed by atoms with van der Waals surface area (Å²) in [4.78, 5) is 29.3. The zero-order valence-corrected chi connectivity index (χ0v) is 16.1. The van der Waals surface area contributed by atoms with Gasteiger partial charge in [0.25, 0.3) is 0 Å². The molecule has 1 saturated carbocycles. The van der Waals surface area contributed by atoms with Crippen LogP contribution in [0.25, 0.3) is 0 Å². The highest BCUT2D eigenvalue weighted by Crippen LogP contribution is 2.32. The Labute approximate surface area is 155 Å². The first kappa shape index (κ1) is 18.8. The Balaban J connectivity index is 1.93. The zero-order valence-electron chi connectivity index (χ0n) is 16.1. The maximum atomic E-state index is 12.9. The van der Waals surface area contributed by atoms with Gasteiger partial charge in [-0.15, -0.1) is 0 Å². The van der Waals surface area contributed by atoms with E-state index in [1.807, 2.05) is 13.0 Å². The highest BCUT2D eigenvalue weighted by molar-refractivity contribution is 6.13. The van der Waals surface area contributed by atoms with Crippen molar-refractivity contribution >= 4 is 17.5 Å². The third kappa shape index (κ3) is 4.05. The van der Waals surface area contributed by atoms with Crippen molar-refractivity contribution < 1.29 is 14.7 Å². The Morgan fingerprint density at radius 3 is 2.42 bits per heavy atom. The number of carboxylic acid groups (broad SMARTS) is 1. The fraction of sp³-hybridized carbons (Fsp3) is 0.591. The lowest BCUT2D eigenvalue weighted by Gasteiger charge is -2.30. The van der Waals surface area contributed by atoms with Crippen LogP contribution in [0.15, 0.2) is 17.1 Å². The van der Waals surface area contributed by atoms with Gasteiger partial charge in [-0.2, -0.15) is 0 Å². The van der Waals surface area contributed by atoms with Gasteiger partial charge in [0.15, 0.2) is 0 Å². The van der Waals surface area contributed by atoms with E-state index in [2.05, 4.69) is 13.8 Å². The van der Waals surface area contributed by atoms with E-state index in [0.717, 1.165) is 54.5 Å². The minimum atomic E-state index is -0.926. The number of ketones is 1. The van der Waals surface area contributed by atoms with E-state index in [4.69, 9.17) is 4.99 Å². The Hall–Kier alpha value is -1.97. The van der Waals surface area contributed by atoms with Gasteiger partial charge < -0.3 is 5.11 Å². The van der Waals surface area contributed by atoms with Gasteiger partial charge in [0.2, 0.25) is 0 Å². The number of aryl methyl sites for hydroxylation is 1. The number of Topliss-reactive ketones (excluding diaryl/α,β-unsaturated/α-hetero) is 1. The van der Waals surface area contributed by atoms with E-state index in [1.54, 1.807) is 6.07 Å². The van der Waals surface area contributed by atoms with Crippen LogP contribution in [-0.4, -0.2) is 28.1 Å². The standard InChI is InChI=1S/C22H29NO3/c1-14-10-16-13-22(2,3)23-19(18(16)11-17(14)21(25)26)12-20(24)15-8-6-4-5-7-9-15/h10-11,15H,4-9,12-13H2,1-3H3,(H,25,26). The van der Waals surface area contributed by atoms with E-state index in [1.165, 1.54) is 12.8 Å². The maximum absolute atomic E-state index is 12.9. The molecule has 4 heteroatoms. The fourth-order valence-corrected chi connectivity index (χ4v) is 4.39. The molecule has 0 aromatic heterocycles. The summed E-state index contributed by atoms with van der Waals surface area (Å²) in [6.45, 7) is 5.98. The minimum absolute atomic E-state index is 0.137. The van der Waals surface area contributed by atoms with Gasteiger partial charge >= 0.3 is 5.97 Å². The molecule has 0 atom stereocenters. The number of aliphatic imine (C=N–C) groups is 1. The number of carbonyl (C=O) groups excluding carboxylic acids is 1. The third-order valence-electron chi connectivity index (χ3n) is 5.70. The minimum Gasteiger partial charge on any atom is -0.478 e. The summed E-state index contributed by atoms with van der Waals surface area (Å²) >= 11 is 0. The summed E-state index contributed by atoms with van der Waals surface area (Å²) in [5.74, 6) is -0.519. The number of carbonyl (C=O) groups is 2. The smallest absolute Gasteiger partial charge is 0.335 e. The van der Waals surface area contributed by atoms with Crippen molar-refractivity contribution in [3.05, 3.63) is 34.4 Å². The van der Waals surface area contributed by atoms with Crippen LogP contribution < -0.4 is 0 Å². The van der Waals surface area contributed by atoms with Gasteiger partial charge in [-0.1, -0.05) is 31.7 Å². The van der Waals surface area contributed by atoms with E-state index in [9.17, 15) is 14.7 Å². The second-order valence-corrected chi connectivity index (χ2v) is 8.51. The van der Waals surface area contributed by atoms with Crippen LogP contribution in [0, 0.1) is 12.8 Å². The summed E-state index contributed by atoms with van der Waals surface area (Å²) < 4.78 is 0. The first-order valence-corrected chi connectivity index (χ1v) is 9.75.